The monoisotopic (exact) mass is 293 g/mol. The first-order valence-corrected chi connectivity index (χ1v) is 8.26. The van der Waals surface area contributed by atoms with Crippen molar-refractivity contribution < 1.29 is 4.74 Å². The Morgan fingerprint density at radius 3 is 2.64 bits per heavy atom. The van der Waals surface area contributed by atoms with E-state index in [-0.39, 0.29) is 0 Å². The highest BCUT2D eigenvalue weighted by Gasteiger charge is 2.36. The van der Waals surface area contributed by atoms with E-state index in [1.165, 1.54) is 28.7 Å². The van der Waals surface area contributed by atoms with Gasteiger partial charge in [-0.2, -0.15) is 0 Å². The van der Waals surface area contributed by atoms with Crippen molar-refractivity contribution in [3.05, 3.63) is 64.7 Å². The van der Waals surface area contributed by atoms with Gasteiger partial charge in [0.25, 0.3) is 0 Å². The van der Waals surface area contributed by atoms with Crippen molar-refractivity contribution in [1.82, 2.24) is 0 Å². The SMILES string of the molecule is COc1cc2c3c(c1)C[C@@H](c1ccccc1)C[C@H]3[C@H](N)CC2. The Kier molecular flexibility index (Phi) is 3.42. The highest BCUT2D eigenvalue weighted by molar-refractivity contribution is 5.49. The van der Waals surface area contributed by atoms with Crippen molar-refractivity contribution in [2.45, 2.75) is 43.6 Å². The number of nitrogens with two attached hydrogens (primary N) is 1. The summed E-state index contributed by atoms with van der Waals surface area (Å²) in [6.45, 7) is 0. The molecule has 2 N–H and O–H groups in total. The van der Waals surface area contributed by atoms with Crippen LogP contribution in [0.4, 0.5) is 0 Å². The molecule has 0 heterocycles. The van der Waals surface area contributed by atoms with Gasteiger partial charge in [-0.05, 0) is 66.0 Å². The van der Waals surface area contributed by atoms with Crippen molar-refractivity contribution in [3.63, 3.8) is 0 Å². The Hall–Kier alpha value is -1.80. The first kappa shape index (κ1) is 13.8. The number of methoxy groups -OCH3 is 1. The molecule has 3 atom stereocenters. The van der Waals surface area contributed by atoms with E-state index in [1.54, 1.807) is 7.11 Å². The Morgan fingerprint density at radius 2 is 1.86 bits per heavy atom. The van der Waals surface area contributed by atoms with Gasteiger partial charge in [-0.1, -0.05) is 30.3 Å². The summed E-state index contributed by atoms with van der Waals surface area (Å²) in [6.07, 6.45) is 4.46. The van der Waals surface area contributed by atoms with E-state index in [0.717, 1.165) is 25.0 Å². The first-order valence-electron chi connectivity index (χ1n) is 8.26. The van der Waals surface area contributed by atoms with Crippen molar-refractivity contribution in [3.8, 4) is 5.75 Å². The topological polar surface area (TPSA) is 35.2 Å². The van der Waals surface area contributed by atoms with Gasteiger partial charge in [-0.15, -0.1) is 0 Å². The normalized spacial score (nSPS) is 26.4. The van der Waals surface area contributed by atoms with Crippen molar-refractivity contribution in [2.24, 2.45) is 5.73 Å². The number of rotatable bonds is 2. The maximum Gasteiger partial charge on any atom is 0.119 e. The van der Waals surface area contributed by atoms with Gasteiger partial charge in [-0.3, -0.25) is 0 Å². The van der Waals surface area contributed by atoms with Crippen LogP contribution in [0.25, 0.3) is 0 Å². The predicted molar refractivity (Wildman–Crippen MR) is 89.5 cm³/mol. The molecule has 0 aromatic heterocycles. The van der Waals surface area contributed by atoms with E-state index in [2.05, 4.69) is 42.5 Å². The van der Waals surface area contributed by atoms with Crippen molar-refractivity contribution >= 4 is 0 Å². The average molecular weight is 293 g/mol. The molecule has 2 aliphatic carbocycles. The molecule has 0 radical (unpaired) electrons. The zero-order chi connectivity index (χ0) is 15.1. The maximum absolute atomic E-state index is 6.49. The van der Waals surface area contributed by atoms with Crippen LogP contribution in [0.15, 0.2) is 42.5 Å². The molecule has 2 aromatic carbocycles. The fraction of sp³-hybridized carbons (Fsp3) is 0.400. The molecule has 0 saturated carbocycles. The molecule has 2 aromatic rings. The van der Waals surface area contributed by atoms with Crippen LogP contribution in [0.5, 0.6) is 5.75 Å². The van der Waals surface area contributed by atoms with Crippen molar-refractivity contribution in [1.29, 1.82) is 0 Å². The second-order valence-electron chi connectivity index (χ2n) is 6.72. The molecular formula is C20H23NO. The van der Waals surface area contributed by atoms with E-state index >= 15 is 0 Å². The Labute approximate surface area is 132 Å². The van der Waals surface area contributed by atoms with Crippen LogP contribution in [0.3, 0.4) is 0 Å². The number of hydrogen-bond donors (Lipinski definition) is 1. The van der Waals surface area contributed by atoms with Gasteiger partial charge in [0, 0.05) is 12.0 Å². The van der Waals surface area contributed by atoms with Crippen LogP contribution in [-0.4, -0.2) is 13.2 Å². The fourth-order valence-corrected chi connectivity index (χ4v) is 4.38. The van der Waals surface area contributed by atoms with Gasteiger partial charge < -0.3 is 10.5 Å². The van der Waals surface area contributed by atoms with Crippen LogP contribution in [0.2, 0.25) is 0 Å². The fourth-order valence-electron chi connectivity index (χ4n) is 4.38. The van der Waals surface area contributed by atoms with Gasteiger partial charge in [0.1, 0.15) is 5.75 Å². The third-order valence-electron chi connectivity index (χ3n) is 5.47. The molecule has 0 aliphatic heterocycles. The molecule has 2 nitrogen and oxygen atoms in total. The van der Waals surface area contributed by atoms with Gasteiger partial charge in [0.15, 0.2) is 0 Å². The van der Waals surface area contributed by atoms with Crippen LogP contribution in [0, 0.1) is 0 Å². The highest BCUT2D eigenvalue weighted by atomic mass is 16.5. The summed E-state index contributed by atoms with van der Waals surface area (Å²) < 4.78 is 5.52. The number of benzene rings is 2. The summed E-state index contributed by atoms with van der Waals surface area (Å²) in [5.41, 5.74) is 12.4. The molecular weight excluding hydrogens is 270 g/mol. The molecule has 2 heteroatoms. The maximum atomic E-state index is 6.49. The van der Waals surface area contributed by atoms with Gasteiger partial charge in [0.2, 0.25) is 0 Å². The molecule has 114 valence electrons. The van der Waals surface area contributed by atoms with E-state index in [4.69, 9.17) is 10.5 Å². The molecule has 0 unspecified atom stereocenters. The lowest BCUT2D eigenvalue weighted by atomic mass is 9.66. The zero-order valence-electron chi connectivity index (χ0n) is 13.1. The van der Waals surface area contributed by atoms with E-state index in [9.17, 15) is 0 Å². The molecule has 22 heavy (non-hydrogen) atoms. The summed E-state index contributed by atoms with van der Waals surface area (Å²) in [4.78, 5) is 0. The zero-order valence-corrected chi connectivity index (χ0v) is 13.1. The molecule has 0 bridgehead atoms. The highest BCUT2D eigenvalue weighted by Crippen LogP contribution is 2.47. The molecule has 0 saturated heterocycles. The van der Waals surface area contributed by atoms with Crippen LogP contribution in [0.1, 0.15) is 46.9 Å². The average Bonchev–Trinajstić information content (AvgIpc) is 2.58. The van der Waals surface area contributed by atoms with Crippen LogP contribution in [-0.2, 0) is 12.8 Å². The first-order chi connectivity index (χ1) is 10.8. The lowest BCUT2D eigenvalue weighted by molar-refractivity contribution is 0.380. The summed E-state index contributed by atoms with van der Waals surface area (Å²) in [6, 6.07) is 15.6. The summed E-state index contributed by atoms with van der Waals surface area (Å²) in [5, 5.41) is 0. The number of ether oxygens (including phenoxy) is 1. The molecule has 0 fully saturated rings. The van der Waals surface area contributed by atoms with Gasteiger partial charge in [0.05, 0.1) is 7.11 Å². The predicted octanol–water partition coefficient (Wildman–Crippen LogP) is 3.78. The summed E-state index contributed by atoms with van der Waals surface area (Å²) >= 11 is 0. The summed E-state index contributed by atoms with van der Waals surface area (Å²) in [7, 11) is 1.76. The van der Waals surface area contributed by atoms with E-state index in [1.807, 2.05) is 0 Å². The third kappa shape index (κ3) is 2.22. The molecule has 0 amide bonds. The molecule has 4 rings (SSSR count). The number of hydrogen-bond acceptors (Lipinski definition) is 2. The minimum atomic E-state index is 0.297. The third-order valence-corrected chi connectivity index (χ3v) is 5.47. The lowest BCUT2D eigenvalue weighted by Gasteiger charge is -2.40. The molecule has 2 aliphatic rings. The minimum Gasteiger partial charge on any atom is -0.497 e. The minimum absolute atomic E-state index is 0.297. The smallest absolute Gasteiger partial charge is 0.119 e. The molecule has 0 spiro atoms. The van der Waals surface area contributed by atoms with E-state index < -0.39 is 0 Å². The van der Waals surface area contributed by atoms with E-state index in [0.29, 0.717) is 17.9 Å². The van der Waals surface area contributed by atoms with Crippen molar-refractivity contribution in [2.75, 3.05) is 7.11 Å². The number of aryl methyl sites for hydroxylation is 1. The Balaban J connectivity index is 1.79. The van der Waals surface area contributed by atoms with Gasteiger partial charge >= 0.3 is 0 Å². The Morgan fingerprint density at radius 1 is 1.09 bits per heavy atom. The largest absolute Gasteiger partial charge is 0.497 e. The lowest BCUT2D eigenvalue weighted by Crippen LogP contribution is -2.37. The second-order valence-corrected chi connectivity index (χ2v) is 6.72. The van der Waals surface area contributed by atoms with Gasteiger partial charge in [-0.25, -0.2) is 0 Å². The quantitative estimate of drug-likeness (QED) is 0.914. The second kappa shape index (κ2) is 5.44. The summed E-state index contributed by atoms with van der Waals surface area (Å²) in [5.74, 6) is 2.07. The van der Waals surface area contributed by atoms with Crippen LogP contribution >= 0.6 is 0 Å². The Bertz CT molecular complexity index is 680. The van der Waals surface area contributed by atoms with Crippen LogP contribution < -0.4 is 10.5 Å². The standard InChI is InChI=1S/C20H23NO/c1-22-17-10-14-7-8-19(21)18-12-15(9-16(11-17)20(14)18)13-5-3-2-4-6-13/h2-6,10-11,15,18-19H,7-9,12,21H2,1H3/t15-,18+,19-/m1/s1.